The second kappa shape index (κ2) is 5.65. The lowest BCUT2D eigenvalue weighted by Gasteiger charge is -2.26. The van der Waals surface area contributed by atoms with E-state index in [0.717, 1.165) is 10.4 Å². The number of amides is 1. The molecule has 21 heavy (non-hydrogen) atoms. The maximum absolute atomic E-state index is 12.2. The number of aromatic nitrogens is 1. The molecule has 0 saturated carbocycles. The van der Waals surface area contributed by atoms with E-state index in [0.29, 0.717) is 6.54 Å². The second-order valence-electron chi connectivity index (χ2n) is 4.98. The highest BCUT2D eigenvalue weighted by Crippen LogP contribution is 2.39. The molecule has 5 nitrogen and oxygen atoms in total. The molecule has 0 unspecified atom stereocenters. The highest BCUT2D eigenvalue weighted by molar-refractivity contribution is 7.09. The summed E-state index contributed by atoms with van der Waals surface area (Å²) in [6.45, 7) is 0.444. The van der Waals surface area contributed by atoms with Crippen molar-refractivity contribution < 1.29 is 14.7 Å². The number of pyridine rings is 1. The van der Waals surface area contributed by atoms with Gasteiger partial charge in [0.1, 0.15) is 0 Å². The van der Waals surface area contributed by atoms with Crippen molar-refractivity contribution >= 4 is 23.2 Å². The Bertz CT molecular complexity index is 642. The predicted octanol–water partition coefficient (Wildman–Crippen LogP) is 2.32. The summed E-state index contributed by atoms with van der Waals surface area (Å²) in [7, 11) is 0. The SMILES string of the molecule is O=C(O)[C@H]1CC(=O)N(Cc2cccs2)[C@@H]1c1cccnc1. The quantitative estimate of drug-likeness (QED) is 0.941. The fraction of sp³-hybridized carbons (Fsp3) is 0.267. The molecule has 2 aromatic rings. The van der Waals surface area contributed by atoms with Crippen molar-refractivity contribution in [3.63, 3.8) is 0 Å². The number of hydrogen-bond donors (Lipinski definition) is 1. The van der Waals surface area contributed by atoms with Crippen LogP contribution in [0.5, 0.6) is 0 Å². The van der Waals surface area contributed by atoms with Gasteiger partial charge in [-0.2, -0.15) is 0 Å². The number of likely N-dealkylation sites (tertiary alicyclic amines) is 1. The van der Waals surface area contributed by atoms with E-state index in [-0.39, 0.29) is 12.3 Å². The highest BCUT2D eigenvalue weighted by Gasteiger charge is 2.44. The summed E-state index contributed by atoms with van der Waals surface area (Å²) in [6, 6.07) is 7.01. The van der Waals surface area contributed by atoms with E-state index in [4.69, 9.17) is 0 Å². The monoisotopic (exact) mass is 302 g/mol. The lowest BCUT2D eigenvalue weighted by molar-refractivity contribution is -0.142. The zero-order valence-electron chi connectivity index (χ0n) is 11.2. The summed E-state index contributed by atoms with van der Waals surface area (Å²) >= 11 is 1.56. The van der Waals surface area contributed by atoms with Gasteiger partial charge in [-0.3, -0.25) is 14.6 Å². The Labute approximate surface area is 125 Å². The fourth-order valence-corrected chi connectivity index (χ4v) is 3.43. The molecule has 1 aliphatic heterocycles. The van der Waals surface area contributed by atoms with Crippen LogP contribution in [0, 0.1) is 5.92 Å². The zero-order chi connectivity index (χ0) is 14.8. The van der Waals surface area contributed by atoms with Gasteiger partial charge in [0.05, 0.1) is 18.5 Å². The topological polar surface area (TPSA) is 70.5 Å². The number of carboxylic acid groups (broad SMARTS) is 1. The molecule has 1 aliphatic rings. The third kappa shape index (κ3) is 2.67. The largest absolute Gasteiger partial charge is 0.481 e. The van der Waals surface area contributed by atoms with Crippen molar-refractivity contribution in [3.8, 4) is 0 Å². The smallest absolute Gasteiger partial charge is 0.309 e. The van der Waals surface area contributed by atoms with Crippen LogP contribution in [0.3, 0.4) is 0 Å². The van der Waals surface area contributed by atoms with Crippen molar-refractivity contribution in [3.05, 3.63) is 52.5 Å². The zero-order valence-corrected chi connectivity index (χ0v) is 12.0. The van der Waals surface area contributed by atoms with Crippen LogP contribution in [-0.4, -0.2) is 26.9 Å². The van der Waals surface area contributed by atoms with Crippen LogP contribution in [0.2, 0.25) is 0 Å². The maximum atomic E-state index is 12.2. The third-order valence-corrected chi connectivity index (χ3v) is 4.54. The van der Waals surface area contributed by atoms with E-state index >= 15 is 0 Å². The van der Waals surface area contributed by atoms with Gasteiger partial charge < -0.3 is 10.0 Å². The van der Waals surface area contributed by atoms with E-state index < -0.39 is 17.9 Å². The Hall–Kier alpha value is -2.21. The predicted molar refractivity (Wildman–Crippen MR) is 77.6 cm³/mol. The van der Waals surface area contributed by atoms with E-state index in [9.17, 15) is 14.7 Å². The maximum Gasteiger partial charge on any atom is 0.309 e. The van der Waals surface area contributed by atoms with Crippen LogP contribution in [0.15, 0.2) is 42.0 Å². The number of carboxylic acids is 1. The molecular weight excluding hydrogens is 288 g/mol. The number of carbonyl (C=O) groups excluding carboxylic acids is 1. The molecule has 108 valence electrons. The summed E-state index contributed by atoms with van der Waals surface area (Å²) in [6.07, 6.45) is 3.32. The first-order valence-corrected chi connectivity index (χ1v) is 7.49. The molecular formula is C15H14N2O3S. The van der Waals surface area contributed by atoms with Gasteiger partial charge in [-0.15, -0.1) is 11.3 Å². The summed E-state index contributed by atoms with van der Waals surface area (Å²) < 4.78 is 0. The Morgan fingerprint density at radius 2 is 2.29 bits per heavy atom. The van der Waals surface area contributed by atoms with Crippen molar-refractivity contribution in [2.45, 2.75) is 19.0 Å². The molecule has 6 heteroatoms. The van der Waals surface area contributed by atoms with Gasteiger partial charge in [-0.05, 0) is 23.1 Å². The van der Waals surface area contributed by atoms with Crippen LogP contribution in [0.1, 0.15) is 22.9 Å². The normalized spacial score (nSPS) is 21.7. The van der Waals surface area contributed by atoms with Gasteiger partial charge in [-0.1, -0.05) is 12.1 Å². The lowest BCUT2D eigenvalue weighted by atomic mass is 9.95. The number of rotatable bonds is 4. The Morgan fingerprint density at radius 3 is 2.90 bits per heavy atom. The molecule has 1 amide bonds. The minimum Gasteiger partial charge on any atom is -0.481 e. The molecule has 1 fully saturated rings. The first-order valence-electron chi connectivity index (χ1n) is 6.61. The summed E-state index contributed by atoms with van der Waals surface area (Å²) in [4.78, 5) is 30.5. The average Bonchev–Trinajstić information content (AvgIpc) is 3.09. The van der Waals surface area contributed by atoms with Gasteiger partial charge in [0, 0.05) is 23.7 Å². The molecule has 0 radical (unpaired) electrons. The standard InChI is InChI=1S/C15H14N2O3S/c18-13-7-12(15(19)20)14(10-3-1-5-16-8-10)17(13)9-11-4-2-6-21-11/h1-6,8,12,14H,7,9H2,(H,19,20)/t12-,14+/m0/s1. The minimum atomic E-state index is -0.939. The molecule has 2 aromatic heterocycles. The number of aliphatic carboxylic acids is 1. The van der Waals surface area contributed by atoms with E-state index in [1.807, 2.05) is 23.6 Å². The Balaban J connectivity index is 1.95. The molecule has 0 bridgehead atoms. The van der Waals surface area contributed by atoms with Gasteiger partial charge >= 0.3 is 5.97 Å². The van der Waals surface area contributed by atoms with Crippen molar-refractivity contribution in [1.82, 2.24) is 9.88 Å². The van der Waals surface area contributed by atoms with Crippen LogP contribution in [0.25, 0.3) is 0 Å². The Morgan fingerprint density at radius 1 is 1.43 bits per heavy atom. The van der Waals surface area contributed by atoms with Crippen molar-refractivity contribution in [1.29, 1.82) is 0 Å². The van der Waals surface area contributed by atoms with Crippen molar-refractivity contribution in [2.75, 3.05) is 0 Å². The van der Waals surface area contributed by atoms with Gasteiger partial charge in [-0.25, -0.2) is 0 Å². The Kier molecular flexibility index (Phi) is 3.70. The van der Waals surface area contributed by atoms with Gasteiger partial charge in [0.15, 0.2) is 0 Å². The van der Waals surface area contributed by atoms with Gasteiger partial charge in [0.2, 0.25) is 5.91 Å². The second-order valence-corrected chi connectivity index (χ2v) is 6.01. The third-order valence-electron chi connectivity index (χ3n) is 3.68. The van der Waals surface area contributed by atoms with E-state index in [1.165, 1.54) is 0 Å². The molecule has 1 saturated heterocycles. The molecule has 0 spiro atoms. The number of hydrogen-bond acceptors (Lipinski definition) is 4. The molecule has 3 heterocycles. The lowest BCUT2D eigenvalue weighted by Crippen LogP contribution is -2.30. The van der Waals surface area contributed by atoms with Crippen LogP contribution in [0.4, 0.5) is 0 Å². The van der Waals surface area contributed by atoms with Crippen molar-refractivity contribution in [2.24, 2.45) is 5.92 Å². The first kappa shape index (κ1) is 13.8. The molecule has 1 N–H and O–H groups in total. The number of thiophene rings is 1. The van der Waals surface area contributed by atoms with Crippen LogP contribution < -0.4 is 0 Å². The summed E-state index contributed by atoms with van der Waals surface area (Å²) in [5.74, 6) is -1.78. The molecule has 3 rings (SSSR count). The number of nitrogens with zero attached hydrogens (tertiary/aromatic N) is 2. The summed E-state index contributed by atoms with van der Waals surface area (Å²) in [5.41, 5.74) is 0.771. The van der Waals surface area contributed by atoms with E-state index in [1.54, 1.807) is 34.7 Å². The van der Waals surface area contributed by atoms with Crippen LogP contribution >= 0.6 is 11.3 Å². The molecule has 0 aromatic carbocycles. The first-order chi connectivity index (χ1) is 10.2. The van der Waals surface area contributed by atoms with Gasteiger partial charge in [0.25, 0.3) is 0 Å². The van der Waals surface area contributed by atoms with E-state index in [2.05, 4.69) is 4.98 Å². The minimum absolute atomic E-state index is 0.0419. The molecule has 0 aliphatic carbocycles. The molecule has 2 atom stereocenters. The average molecular weight is 302 g/mol. The van der Waals surface area contributed by atoms with Crippen LogP contribution in [-0.2, 0) is 16.1 Å². The fourth-order valence-electron chi connectivity index (χ4n) is 2.73. The highest BCUT2D eigenvalue weighted by atomic mass is 32.1. The number of carbonyl (C=O) groups is 2. The summed E-state index contributed by atoms with van der Waals surface area (Å²) in [5, 5.41) is 11.4.